The number of halogens is 1. The summed E-state index contributed by atoms with van der Waals surface area (Å²) >= 11 is 6.53. The van der Waals surface area contributed by atoms with E-state index in [1.54, 1.807) is 14.2 Å². The minimum absolute atomic E-state index is 0.689. The second-order valence-electron chi connectivity index (χ2n) is 4.65. The largest absolute Gasteiger partial charge is 0.497 e. The maximum atomic E-state index is 6.53. The lowest BCUT2D eigenvalue weighted by atomic mass is 10.1. The molecule has 0 aliphatic heterocycles. The van der Waals surface area contributed by atoms with E-state index < -0.39 is 0 Å². The monoisotopic (exact) mass is 287 g/mol. The van der Waals surface area contributed by atoms with Crippen LogP contribution < -0.4 is 9.47 Å². The lowest BCUT2D eigenvalue weighted by Gasteiger charge is -2.10. The van der Waals surface area contributed by atoms with Crippen LogP contribution in [0.4, 0.5) is 0 Å². The summed E-state index contributed by atoms with van der Waals surface area (Å²) in [6.07, 6.45) is 0. The van der Waals surface area contributed by atoms with E-state index in [0.717, 1.165) is 38.9 Å². The summed E-state index contributed by atoms with van der Waals surface area (Å²) < 4.78 is 10.6. The number of ether oxygens (including phenoxy) is 2. The van der Waals surface area contributed by atoms with Gasteiger partial charge in [0.05, 0.1) is 30.3 Å². The van der Waals surface area contributed by atoms with Crippen LogP contribution in [-0.2, 0) is 0 Å². The summed E-state index contributed by atoms with van der Waals surface area (Å²) in [6, 6.07) is 9.61. The molecule has 20 heavy (non-hydrogen) atoms. The fourth-order valence-corrected chi connectivity index (χ4v) is 2.66. The second kappa shape index (κ2) is 4.84. The van der Waals surface area contributed by atoms with Crippen LogP contribution in [0.1, 0.15) is 5.56 Å². The normalized spacial score (nSPS) is 11.0. The molecule has 3 rings (SSSR count). The quantitative estimate of drug-likeness (QED) is 0.656. The van der Waals surface area contributed by atoms with Crippen LogP contribution in [0.3, 0.4) is 0 Å². The molecule has 0 aliphatic rings. The molecule has 2 aromatic carbocycles. The van der Waals surface area contributed by atoms with E-state index in [9.17, 15) is 0 Å². The van der Waals surface area contributed by atoms with Crippen molar-refractivity contribution in [1.82, 2.24) is 4.98 Å². The SMILES string of the molecule is COc1ccc2nc3cc(OC)c(C)cc3c(Cl)c2c1. The van der Waals surface area contributed by atoms with Crippen molar-refractivity contribution in [2.24, 2.45) is 0 Å². The van der Waals surface area contributed by atoms with Gasteiger partial charge in [-0.15, -0.1) is 0 Å². The van der Waals surface area contributed by atoms with Gasteiger partial charge in [0, 0.05) is 16.8 Å². The van der Waals surface area contributed by atoms with Crippen molar-refractivity contribution >= 4 is 33.4 Å². The highest BCUT2D eigenvalue weighted by atomic mass is 35.5. The number of rotatable bonds is 2. The smallest absolute Gasteiger partial charge is 0.123 e. The minimum Gasteiger partial charge on any atom is -0.497 e. The van der Waals surface area contributed by atoms with E-state index in [4.69, 9.17) is 21.1 Å². The van der Waals surface area contributed by atoms with Crippen LogP contribution in [0.5, 0.6) is 11.5 Å². The number of hydrogen-bond donors (Lipinski definition) is 0. The number of aromatic nitrogens is 1. The Balaban J connectivity index is 2.40. The molecule has 0 atom stereocenters. The number of fused-ring (bicyclic) bond motifs is 2. The van der Waals surface area contributed by atoms with Gasteiger partial charge in [-0.2, -0.15) is 0 Å². The Morgan fingerprint density at radius 3 is 2.40 bits per heavy atom. The first-order chi connectivity index (χ1) is 9.63. The topological polar surface area (TPSA) is 31.4 Å². The Labute approximate surface area is 122 Å². The van der Waals surface area contributed by atoms with Crippen LogP contribution >= 0.6 is 11.6 Å². The number of hydrogen-bond acceptors (Lipinski definition) is 3. The molecule has 0 bridgehead atoms. The van der Waals surface area contributed by atoms with Crippen molar-refractivity contribution in [1.29, 1.82) is 0 Å². The third-order valence-corrected chi connectivity index (χ3v) is 3.84. The minimum atomic E-state index is 0.689. The van der Waals surface area contributed by atoms with Crippen molar-refractivity contribution in [3.63, 3.8) is 0 Å². The molecule has 0 amide bonds. The second-order valence-corrected chi connectivity index (χ2v) is 5.03. The molecule has 0 radical (unpaired) electrons. The average molecular weight is 288 g/mol. The van der Waals surface area contributed by atoms with Gasteiger partial charge >= 0.3 is 0 Å². The average Bonchev–Trinajstić information content (AvgIpc) is 2.47. The third kappa shape index (κ3) is 1.95. The van der Waals surface area contributed by atoms with Gasteiger partial charge in [0.15, 0.2) is 0 Å². The zero-order chi connectivity index (χ0) is 14.3. The van der Waals surface area contributed by atoms with Gasteiger partial charge in [-0.05, 0) is 36.8 Å². The highest BCUT2D eigenvalue weighted by Crippen LogP contribution is 2.35. The van der Waals surface area contributed by atoms with Crippen molar-refractivity contribution in [3.8, 4) is 11.5 Å². The van der Waals surface area contributed by atoms with Crippen molar-refractivity contribution < 1.29 is 9.47 Å². The summed E-state index contributed by atoms with van der Waals surface area (Å²) in [5.41, 5.74) is 2.70. The number of aryl methyl sites for hydroxylation is 1. The molecule has 0 fully saturated rings. The van der Waals surface area contributed by atoms with E-state index in [2.05, 4.69) is 4.98 Å². The molecule has 0 N–H and O–H groups in total. The zero-order valence-electron chi connectivity index (χ0n) is 11.5. The van der Waals surface area contributed by atoms with E-state index >= 15 is 0 Å². The number of benzene rings is 2. The number of methoxy groups -OCH3 is 2. The highest BCUT2D eigenvalue weighted by molar-refractivity contribution is 6.40. The van der Waals surface area contributed by atoms with E-state index in [1.807, 2.05) is 37.3 Å². The van der Waals surface area contributed by atoms with Gasteiger partial charge in [0.2, 0.25) is 0 Å². The molecule has 102 valence electrons. The van der Waals surface area contributed by atoms with Crippen LogP contribution in [0, 0.1) is 6.92 Å². The maximum Gasteiger partial charge on any atom is 0.123 e. The number of pyridine rings is 1. The first kappa shape index (κ1) is 13.0. The number of nitrogens with zero attached hydrogens (tertiary/aromatic N) is 1. The summed E-state index contributed by atoms with van der Waals surface area (Å²) in [4.78, 5) is 4.64. The molecule has 3 nitrogen and oxygen atoms in total. The molecule has 0 saturated carbocycles. The van der Waals surface area contributed by atoms with Gasteiger partial charge < -0.3 is 9.47 Å². The fraction of sp³-hybridized carbons (Fsp3) is 0.188. The molecule has 1 aromatic heterocycles. The van der Waals surface area contributed by atoms with Crippen LogP contribution in [0.25, 0.3) is 21.8 Å². The molecule has 3 aromatic rings. The Morgan fingerprint density at radius 1 is 0.950 bits per heavy atom. The summed E-state index contributed by atoms with van der Waals surface area (Å²) in [5.74, 6) is 1.58. The third-order valence-electron chi connectivity index (χ3n) is 3.43. The highest BCUT2D eigenvalue weighted by Gasteiger charge is 2.11. The van der Waals surface area contributed by atoms with Gasteiger partial charge in [-0.1, -0.05) is 11.6 Å². The van der Waals surface area contributed by atoms with E-state index in [1.165, 1.54) is 0 Å². The van der Waals surface area contributed by atoms with Gasteiger partial charge in [0.25, 0.3) is 0 Å². The summed E-state index contributed by atoms with van der Waals surface area (Å²) in [5, 5.41) is 2.50. The summed E-state index contributed by atoms with van der Waals surface area (Å²) in [6.45, 7) is 1.99. The van der Waals surface area contributed by atoms with Crippen LogP contribution in [0.15, 0.2) is 30.3 Å². The fourth-order valence-electron chi connectivity index (χ4n) is 2.36. The van der Waals surface area contributed by atoms with E-state index in [0.29, 0.717) is 5.02 Å². The lowest BCUT2D eigenvalue weighted by Crippen LogP contribution is -1.91. The molecule has 0 spiro atoms. The Bertz CT molecular complexity index is 815. The molecule has 1 heterocycles. The Morgan fingerprint density at radius 2 is 1.70 bits per heavy atom. The molecule has 4 heteroatoms. The first-order valence-corrected chi connectivity index (χ1v) is 6.63. The van der Waals surface area contributed by atoms with Crippen LogP contribution in [0.2, 0.25) is 5.02 Å². The Kier molecular flexibility index (Phi) is 3.14. The molecule has 0 unspecified atom stereocenters. The molecular formula is C16H14ClNO2. The predicted octanol–water partition coefficient (Wildman–Crippen LogP) is 4.37. The molecule has 0 aliphatic carbocycles. The van der Waals surface area contributed by atoms with Crippen molar-refractivity contribution in [2.45, 2.75) is 6.92 Å². The maximum absolute atomic E-state index is 6.53. The van der Waals surface area contributed by atoms with Gasteiger partial charge in [-0.25, -0.2) is 4.98 Å². The Hall–Kier alpha value is -2.00. The predicted molar refractivity (Wildman–Crippen MR) is 82.1 cm³/mol. The van der Waals surface area contributed by atoms with Crippen LogP contribution in [-0.4, -0.2) is 19.2 Å². The van der Waals surface area contributed by atoms with Crippen molar-refractivity contribution in [3.05, 3.63) is 40.9 Å². The summed E-state index contributed by atoms with van der Waals surface area (Å²) in [7, 11) is 3.29. The molecule has 0 saturated heterocycles. The van der Waals surface area contributed by atoms with Crippen molar-refractivity contribution in [2.75, 3.05) is 14.2 Å². The van der Waals surface area contributed by atoms with Gasteiger partial charge in [0.1, 0.15) is 11.5 Å². The lowest BCUT2D eigenvalue weighted by molar-refractivity contribution is 0.412. The van der Waals surface area contributed by atoms with E-state index in [-0.39, 0.29) is 0 Å². The van der Waals surface area contributed by atoms with Gasteiger partial charge in [-0.3, -0.25) is 0 Å². The molecular weight excluding hydrogens is 274 g/mol. The zero-order valence-corrected chi connectivity index (χ0v) is 12.3. The standard InChI is InChI=1S/C16H14ClNO2/c1-9-6-11-14(8-15(9)20-3)18-13-5-4-10(19-2)7-12(13)16(11)17/h4-8H,1-3H3. The first-order valence-electron chi connectivity index (χ1n) is 6.25.